The minimum absolute atomic E-state index is 0.171. The van der Waals surface area contributed by atoms with Crippen LogP contribution in [0.1, 0.15) is 0 Å². The normalized spacial score (nSPS) is 11.9. The lowest BCUT2D eigenvalue weighted by Gasteiger charge is -2.18. The number of carbonyl (C=O) groups excluding carboxylic acids is 2. The van der Waals surface area contributed by atoms with Crippen molar-refractivity contribution in [1.82, 2.24) is 9.91 Å². The number of carbonyl (C=O) groups is 2. The molecule has 0 radical (unpaired) electrons. The number of likely N-dealkylation sites (N-methyl/N-ethyl adjacent to an activating group) is 1. The highest BCUT2D eigenvalue weighted by Gasteiger charge is 2.06. The van der Waals surface area contributed by atoms with Crippen molar-refractivity contribution in [3.8, 4) is 0 Å². The zero-order valence-electron chi connectivity index (χ0n) is 30.8. The third-order valence-electron chi connectivity index (χ3n) is 6.09. The molecule has 0 fully saturated rings. The van der Waals surface area contributed by atoms with Crippen molar-refractivity contribution in [2.24, 2.45) is 11.6 Å². The smallest absolute Gasteiger partial charge is 0.246 e. The second-order valence-corrected chi connectivity index (χ2v) is 10.4. The summed E-state index contributed by atoms with van der Waals surface area (Å²) in [6.45, 7) is 11.8. The predicted molar refractivity (Wildman–Crippen MR) is 187 cm³/mol. The van der Waals surface area contributed by atoms with Gasteiger partial charge in [0, 0.05) is 32.1 Å². The first-order valence-corrected chi connectivity index (χ1v) is 17.2. The van der Waals surface area contributed by atoms with Crippen LogP contribution in [0.25, 0.3) is 0 Å². The summed E-state index contributed by atoms with van der Waals surface area (Å²) in [5, 5.41) is 1.38. The SMILES string of the molecule is COCCOCCOCCOCCOCCOCCOCCOCCOCCOCCOCCOCCN(N)/C=C(\N)CN(C)C(=O)/C=C\C=O. The Morgan fingerprint density at radius 1 is 0.529 bits per heavy atom. The highest BCUT2D eigenvalue weighted by molar-refractivity contribution is 5.90. The van der Waals surface area contributed by atoms with E-state index in [1.165, 1.54) is 22.2 Å². The average molecular weight is 741 g/mol. The fourth-order valence-electron chi connectivity index (χ4n) is 3.53. The van der Waals surface area contributed by atoms with Crippen LogP contribution in [0.4, 0.5) is 0 Å². The molecule has 4 N–H and O–H groups in total. The molecule has 0 aliphatic carbocycles. The maximum Gasteiger partial charge on any atom is 0.246 e. The number of methoxy groups -OCH3 is 1. The summed E-state index contributed by atoms with van der Waals surface area (Å²) in [5.74, 6) is 5.54. The predicted octanol–water partition coefficient (Wildman–Crippen LogP) is -0.995. The van der Waals surface area contributed by atoms with Crippen molar-refractivity contribution < 1.29 is 66.4 Å². The van der Waals surface area contributed by atoms with E-state index in [-0.39, 0.29) is 12.5 Å². The lowest BCUT2D eigenvalue weighted by molar-refractivity contribution is -0.124. The Balaban J connectivity index is 3.26. The highest BCUT2D eigenvalue weighted by atomic mass is 16.6. The maximum atomic E-state index is 11.7. The quantitative estimate of drug-likeness (QED) is 0.0254. The number of hydrogen-bond donors (Lipinski definition) is 2. The first kappa shape index (κ1) is 48.7. The molecule has 18 nitrogen and oxygen atoms in total. The van der Waals surface area contributed by atoms with Gasteiger partial charge in [0.05, 0.1) is 165 Å². The van der Waals surface area contributed by atoms with E-state index in [0.717, 1.165) is 6.08 Å². The number of allylic oxidation sites excluding steroid dienone is 1. The second kappa shape index (κ2) is 40.5. The molecular weight excluding hydrogens is 676 g/mol. The van der Waals surface area contributed by atoms with Gasteiger partial charge in [-0.2, -0.15) is 0 Å². The van der Waals surface area contributed by atoms with E-state index in [9.17, 15) is 9.59 Å². The molecule has 0 rings (SSSR count). The fourth-order valence-corrected chi connectivity index (χ4v) is 3.53. The minimum atomic E-state index is -0.338. The summed E-state index contributed by atoms with van der Waals surface area (Å²) in [5.41, 5.74) is 6.30. The molecule has 0 atom stereocenters. The third kappa shape index (κ3) is 38.8. The summed E-state index contributed by atoms with van der Waals surface area (Å²) in [4.78, 5) is 23.4. The molecule has 0 saturated heterocycles. The average Bonchev–Trinajstić information content (AvgIpc) is 3.12. The minimum Gasteiger partial charge on any atom is -0.399 e. The number of aldehydes is 1. The summed E-state index contributed by atoms with van der Waals surface area (Å²) in [6.07, 6.45) is 4.35. The van der Waals surface area contributed by atoms with E-state index >= 15 is 0 Å². The molecule has 0 unspecified atom stereocenters. The molecule has 0 aromatic rings. The highest BCUT2D eigenvalue weighted by Crippen LogP contribution is 1.95. The van der Waals surface area contributed by atoms with E-state index in [0.29, 0.717) is 170 Å². The Hall–Kier alpha value is -2.30. The van der Waals surface area contributed by atoms with Crippen molar-refractivity contribution in [3.63, 3.8) is 0 Å². The van der Waals surface area contributed by atoms with Gasteiger partial charge in [-0.15, -0.1) is 0 Å². The number of amides is 1. The summed E-state index contributed by atoms with van der Waals surface area (Å²) in [6, 6.07) is 0. The Kier molecular flexibility index (Phi) is 38.6. The summed E-state index contributed by atoms with van der Waals surface area (Å²) < 4.78 is 64.8. The molecule has 51 heavy (non-hydrogen) atoms. The molecule has 300 valence electrons. The van der Waals surface area contributed by atoms with Crippen LogP contribution in [-0.2, 0) is 66.4 Å². The van der Waals surface area contributed by atoms with Crippen LogP contribution in [0.15, 0.2) is 24.0 Å². The van der Waals surface area contributed by atoms with Gasteiger partial charge in [-0.3, -0.25) is 9.59 Å². The van der Waals surface area contributed by atoms with Gasteiger partial charge < -0.3 is 72.5 Å². The fraction of sp³-hybridized carbons (Fsp3) is 0.818. The van der Waals surface area contributed by atoms with Gasteiger partial charge in [0.2, 0.25) is 5.91 Å². The zero-order chi connectivity index (χ0) is 37.3. The van der Waals surface area contributed by atoms with Crippen LogP contribution in [0.3, 0.4) is 0 Å². The van der Waals surface area contributed by atoms with Gasteiger partial charge in [0.1, 0.15) is 6.29 Å². The van der Waals surface area contributed by atoms with Crippen LogP contribution < -0.4 is 11.6 Å². The molecule has 18 heteroatoms. The molecule has 0 aromatic heterocycles. The van der Waals surface area contributed by atoms with Gasteiger partial charge in [-0.05, 0) is 6.08 Å². The van der Waals surface area contributed by atoms with Crippen molar-refractivity contribution in [2.45, 2.75) is 0 Å². The van der Waals surface area contributed by atoms with E-state index in [1.807, 2.05) is 0 Å². The van der Waals surface area contributed by atoms with Crippen molar-refractivity contribution in [2.75, 3.05) is 179 Å². The molecule has 0 aliphatic heterocycles. The van der Waals surface area contributed by atoms with E-state index in [4.69, 9.17) is 68.4 Å². The number of hydrogen-bond acceptors (Lipinski definition) is 17. The lowest BCUT2D eigenvalue weighted by atomic mass is 10.4. The lowest BCUT2D eigenvalue weighted by Crippen LogP contribution is -2.34. The van der Waals surface area contributed by atoms with Crippen molar-refractivity contribution in [1.29, 1.82) is 0 Å². The first-order valence-electron chi connectivity index (χ1n) is 17.2. The topological polar surface area (TPSA) is 203 Å². The molecule has 1 amide bonds. The van der Waals surface area contributed by atoms with Crippen LogP contribution in [0.5, 0.6) is 0 Å². The summed E-state index contributed by atoms with van der Waals surface area (Å²) >= 11 is 0. The summed E-state index contributed by atoms with van der Waals surface area (Å²) in [7, 11) is 3.21. The molecule has 0 spiro atoms. The molecule has 0 saturated carbocycles. The van der Waals surface area contributed by atoms with Gasteiger partial charge in [0.15, 0.2) is 0 Å². The largest absolute Gasteiger partial charge is 0.399 e. The van der Waals surface area contributed by atoms with Gasteiger partial charge in [-0.25, -0.2) is 5.84 Å². The number of ether oxygens (including phenoxy) is 12. The zero-order valence-corrected chi connectivity index (χ0v) is 30.8. The molecular formula is C33H64N4O14. The molecule has 0 aliphatic rings. The van der Waals surface area contributed by atoms with Gasteiger partial charge in [-0.1, -0.05) is 0 Å². The van der Waals surface area contributed by atoms with E-state index in [1.54, 1.807) is 14.2 Å². The Morgan fingerprint density at radius 2 is 0.824 bits per heavy atom. The number of nitrogens with two attached hydrogens (primary N) is 2. The molecule has 0 bridgehead atoms. The van der Waals surface area contributed by atoms with Crippen molar-refractivity contribution >= 4 is 12.2 Å². The Morgan fingerprint density at radius 3 is 1.12 bits per heavy atom. The Bertz CT molecular complexity index is 828. The maximum absolute atomic E-state index is 11.7. The number of rotatable bonds is 41. The van der Waals surface area contributed by atoms with Crippen LogP contribution in [-0.4, -0.2) is 201 Å². The molecule has 0 heterocycles. The van der Waals surface area contributed by atoms with Crippen LogP contribution in [0.2, 0.25) is 0 Å². The number of hydrazine groups is 1. The van der Waals surface area contributed by atoms with Crippen LogP contribution >= 0.6 is 0 Å². The first-order chi connectivity index (χ1) is 25.0. The van der Waals surface area contributed by atoms with Gasteiger partial charge >= 0.3 is 0 Å². The third-order valence-corrected chi connectivity index (χ3v) is 6.09. The van der Waals surface area contributed by atoms with Gasteiger partial charge in [0.25, 0.3) is 0 Å². The van der Waals surface area contributed by atoms with Crippen LogP contribution in [0, 0.1) is 0 Å². The standard InChI is InChI=1S/C33H64N4O14/c1-36(33(39)4-3-6-38)30-32(34)31-37(35)5-7-41-10-11-43-14-15-45-18-19-47-22-23-49-26-27-51-29-28-50-25-24-48-21-20-46-17-16-44-13-12-42-9-8-40-2/h3-4,6,31H,5,7-30,34-35H2,1-2H3/b4-3-,32-31-. The van der Waals surface area contributed by atoms with Crippen molar-refractivity contribution in [3.05, 3.63) is 24.0 Å². The molecule has 0 aromatic carbocycles. The monoisotopic (exact) mass is 740 g/mol. The van der Waals surface area contributed by atoms with E-state index < -0.39 is 0 Å². The van der Waals surface area contributed by atoms with E-state index in [2.05, 4.69) is 0 Å². The Labute approximate surface area is 303 Å². The second-order valence-electron chi connectivity index (χ2n) is 10.4. The number of nitrogens with zero attached hydrogens (tertiary/aromatic N) is 2.